The van der Waals surface area contributed by atoms with Crippen LogP contribution in [0.3, 0.4) is 0 Å². The van der Waals surface area contributed by atoms with E-state index in [9.17, 15) is 8.78 Å². The SMILES string of the molecule is Cc1ccc(F)c(C2N=C3Sc4ccccc4N3C2Nc2ccc(F)cc2)c1. The molecule has 3 nitrogen and oxygen atoms in total. The Hall–Kier alpha value is -2.86. The van der Waals surface area contributed by atoms with Crippen molar-refractivity contribution in [1.29, 1.82) is 0 Å². The number of hydrogen-bond donors (Lipinski definition) is 1. The third-order valence-electron chi connectivity index (χ3n) is 4.99. The molecule has 0 amide bonds. The van der Waals surface area contributed by atoms with E-state index >= 15 is 0 Å². The maximum Gasteiger partial charge on any atom is 0.171 e. The summed E-state index contributed by atoms with van der Waals surface area (Å²) in [6, 6.07) is 19.0. The van der Waals surface area contributed by atoms with Crippen LogP contribution >= 0.6 is 11.8 Å². The third kappa shape index (κ3) is 2.85. The van der Waals surface area contributed by atoms with E-state index in [2.05, 4.69) is 16.3 Å². The molecule has 2 aliphatic rings. The first kappa shape index (κ1) is 17.3. The van der Waals surface area contributed by atoms with Gasteiger partial charge in [0.25, 0.3) is 0 Å². The minimum atomic E-state index is -0.416. The summed E-state index contributed by atoms with van der Waals surface area (Å²) in [4.78, 5) is 8.09. The van der Waals surface area contributed by atoms with Crippen LogP contribution in [0.25, 0.3) is 0 Å². The highest BCUT2D eigenvalue weighted by molar-refractivity contribution is 8.14. The molecule has 3 aromatic rings. The number of rotatable bonds is 3. The van der Waals surface area contributed by atoms with Crippen LogP contribution in [0, 0.1) is 18.6 Å². The number of halogens is 2. The first-order chi connectivity index (χ1) is 13.6. The highest BCUT2D eigenvalue weighted by Gasteiger charge is 2.43. The Morgan fingerprint density at radius 1 is 1.00 bits per heavy atom. The zero-order valence-corrected chi connectivity index (χ0v) is 15.9. The highest BCUT2D eigenvalue weighted by atomic mass is 32.2. The van der Waals surface area contributed by atoms with Gasteiger partial charge in [-0.25, -0.2) is 13.8 Å². The average molecular weight is 393 g/mol. The number of aryl methyl sites for hydroxylation is 1. The Kier molecular flexibility index (Phi) is 4.09. The van der Waals surface area contributed by atoms with Gasteiger partial charge in [-0.1, -0.05) is 29.8 Å². The Labute approximate surface area is 166 Å². The molecule has 0 fully saturated rings. The van der Waals surface area contributed by atoms with E-state index < -0.39 is 6.04 Å². The third-order valence-corrected chi connectivity index (χ3v) is 6.04. The Morgan fingerprint density at radius 3 is 2.61 bits per heavy atom. The number of thioether (sulfide) groups is 1. The van der Waals surface area contributed by atoms with Gasteiger partial charge in [-0.3, -0.25) is 4.90 Å². The summed E-state index contributed by atoms with van der Waals surface area (Å²) in [5.41, 5.74) is 3.34. The van der Waals surface area contributed by atoms with E-state index in [0.29, 0.717) is 5.56 Å². The van der Waals surface area contributed by atoms with Crippen LogP contribution in [0.15, 0.2) is 76.6 Å². The van der Waals surface area contributed by atoms with Gasteiger partial charge in [-0.2, -0.15) is 0 Å². The van der Waals surface area contributed by atoms with E-state index in [0.717, 1.165) is 27.0 Å². The lowest BCUT2D eigenvalue weighted by atomic mass is 10.0. The number of aliphatic imine (C=N–C) groups is 1. The topological polar surface area (TPSA) is 27.6 Å². The summed E-state index contributed by atoms with van der Waals surface area (Å²) >= 11 is 1.59. The molecule has 28 heavy (non-hydrogen) atoms. The molecule has 2 aliphatic heterocycles. The second-order valence-corrected chi connectivity index (χ2v) is 7.93. The van der Waals surface area contributed by atoms with Gasteiger partial charge < -0.3 is 5.32 Å². The molecule has 0 aliphatic carbocycles. The highest BCUT2D eigenvalue weighted by Crippen LogP contribution is 2.48. The first-order valence-corrected chi connectivity index (χ1v) is 9.84. The van der Waals surface area contributed by atoms with Gasteiger partial charge in [0.1, 0.15) is 23.8 Å². The summed E-state index contributed by atoms with van der Waals surface area (Å²) in [5.74, 6) is -0.567. The largest absolute Gasteiger partial charge is 0.363 e. The lowest BCUT2D eigenvalue weighted by molar-refractivity contribution is 0.559. The van der Waals surface area contributed by atoms with E-state index in [1.807, 2.05) is 31.2 Å². The molecular formula is C22H17F2N3S. The number of benzene rings is 3. The maximum absolute atomic E-state index is 14.7. The fourth-order valence-electron chi connectivity index (χ4n) is 3.67. The molecule has 1 N–H and O–H groups in total. The summed E-state index contributed by atoms with van der Waals surface area (Å²) in [5, 5.41) is 4.28. The second-order valence-electron chi connectivity index (χ2n) is 6.92. The number of nitrogens with zero attached hydrogens (tertiary/aromatic N) is 2. The number of nitrogens with one attached hydrogen (secondary N) is 1. The molecule has 0 saturated heterocycles. The molecule has 0 bridgehead atoms. The van der Waals surface area contributed by atoms with Crippen LogP contribution < -0.4 is 10.2 Å². The molecule has 0 radical (unpaired) electrons. The molecule has 0 aromatic heterocycles. The van der Waals surface area contributed by atoms with Crippen LogP contribution in [0.5, 0.6) is 0 Å². The molecule has 0 saturated carbocycles. The molecule has 0 spiro atoms. The van der Waals surface area contributed by atoms with Crippen molar-refractivity contribution < 1.29 is 8.78 Å². The zero-order chi connectivity index (χ0) is 19.3. The number of para-hydroxylation sites is 1. The molecule has 140 valence electrons. The van der Waals surface area contributed by atoms with Crippen LogP contribution in [0.1, 0.15) is 17.2 Å². The van der Waals surface area contributed by atoms with Gasteiger partial charge in [0.05, 0.1) is 5.69 Å². The van der Waals surface area contributed by atoms with E-state index in [4.69, 9.17) is 4.99 Å². The van der Waals surface area contributed by atoms with Crippen molar-refractivity contribution >= 4 is 28.3 Å². The molecular weight excluding hydrogens is 376 g/mol. The first-order valence-electron chi connectivity index (χ1n) is 9.02. The van der Waals surface area contributed by atoms with Gasteiger partial charge in [0, 0.05) is 16.1 Å². The van der Waals surface area contributed by atoms with E-state index in [1.54, 1.807) is 30.0 Å². The fourth-order valence-corrected chi connectivity index (χ4v) is 4.76. The van der Waals surface area contributed by atoms with Crippen molar-refractivity contribution in [2.45, 2.75) is 24.0 Å². The van der Waals surface area contributed by atoms with Gasteiger partial charge >= 0.3 is 0 Å². The monoisotopic (exact) mass is 393 g/mol. The molecule has 3 aromatic carbocycles. The predicted molar refractivity (Wildman–Crippen MR) is 110 cm³/mol. The van der Waals surface area contributed by atoms with Crippen molar-refractivity contribution in [1.82, 2.24) is 0 Å². The van der Waals surface area contributed by atoms with Gasteiger partial charge in [-0.15, -0.1) is 0 Å². The van der Waals surface area contributed by atoms with Crippen molar-refractivity contribution in [3.05, 3.63) is 89.5 Å². The molecule has 2 atom stereocenters. The number of hydrogen-bond acceptors (Lipinski definition) is 4. The van der Waals surface area contributed by atoms with Crippen LogP contribution in [-0.4, -0.2) is 11.3 Å². The van der Waals surface area contributed by atoms with Crippen LogP contribution in [-0.2, 0) is 0 Å². The van der Waals surface area contributed by atoms with Crippen molar-refractivity contribution in [3.8, 4) is 0 Å². The normalized spacial score (nSPS) is 20.0. The number of fused-ring (bicyclic) bond motifs is 3. The molecule has 6 heteroatoms. The second kappa shape index (κ2) is 6.63. The quantitative estimate of drug-likeness (QED) is 0.615. The molecule has 5 rings (SSSR count). The van der Waals surface area contributed by atoms with Crippen molar-refractivity contribution in [2.75, 3.05) is 10.2 Å². The van der Waals surface area contributed by atoms with Crippen LogP contribution in [0.4, 0.5) is 20.2 Å². The standard InChI is InChI=1S/C22H17F2N3S/c1-13-6-11-17(24)16(12-13)20-21(25-15-9-7-14(23)8-10-15)27-18-4-2-3-5-19(18)28-22(27)26-20/h2-12,20-21,25H,1H3. The molecule has 2 unspecified atom stereocenters. The Balaban J connectivity index is 1.59. The predicted octanol–water partition coefficient (Wildman–Crippen LogP) is 5.73. The van der Waals surface area contributed by atoms with Crippen molar-refractivity contribution in [2.24, 2.45) is 4.99 Å². The Morgan fingerprint density at radius 2 is 1.79 bits per heavy atom. The average Bonchev–Trinajstić information content (AvgIpc) is 3.22. The number of amidine groups is 1. The Bertz CT molecular complexity index is 1080. The smallest absolute Gasteiger partial charge is 0.171 e. The minimum Gasteiger partial charge on any atom is -0.363 e. The van der Waals surface area contributed by atoms with Gasteiger partial charge in [0.2, 0.25) is 0 Å². The minimum absolute atomic E-state index is 0.273. The van der Waals surface area contributed by atoms with Crippen molar-refractivity contribution in [3.63, 3.8) is 0 Å². The summed E-state index contributed by atoms with van der Waals surface area (Å²) in [7, 11) is 0. The summed E-state index contributed by atoms with van der Waals surface area (Å²) in [6.07, 6.45) is -0.312. The van der Waals surface area contributed by atoms with Crippen LogP contribution in [0.2, 0.25) is 0 Å². The summed E-state index contributed by atoms with van der Waals surface area (Å²) < 4.78 is 28.0. The van der Waals surface area contributed by atoms with Gasteiger partial charge in [0.15, 0.2) is 5.17 Å². The summed E-state index contributed by atoms with van der Waals surface area (Å²) in [6.45, 7) is 1.94. The lowest BCUT2D eigenvalue weighted by Gasteiger charge is -2.29. The lowest BCUT2D eigenvalue weighted by Crippen LogP contribution is -2.40. The number of anilines is 2. The zero-order valence-electron chi connectivity index (χ0n) is 15.1. The van der Waals surface area contributed by atoms with Gasteiger partial charge in [-0.05, 0) is 61.2 Å². The fraction of sp³-hybridized carbons (Fsp3) is 0.136. The molecule has 2 heterocycles. The van der Waals surface area contributed by atoms with E-state index in [-0.39, 0.29) is 17.8 Å². The maximum atomic E-state index is 14.7. The van der Waals surface area contributed by atoms with E-state index in [1.165, 1.54) is 18.2 Å².